The quantitative estimate of drug-likeness (QED) is 0.846. The molecule has 1 aromatic rings. The van der Waals surface area contributed by atoms with Crippen LogP contribution in [0.2, 0.25) is 5.02 Å². The fraction of sp³-hybridized carbons (Fsp3) is 0.385. The molecule has 0 radical (unpaired) electrons. The molecule has 0 aliphatic heterocycles. The summed E-state index contributed by atoms with van der Waals surface area (Å²) >= 11 is 5.91. The molecule has 1 aliphatic carbocycles. The van der Waals surface area contributed by atoms with E-state index in [1.165, 1.54) is 17.0 Å². The van der Waals surface area contributed by atoms with Crippen LogP contribution in [0, 0.1) is 5.82 Å². The van der Waals surface area contributed by atoms with Gasteiger partial charge in [0.1, 0.15) is 12.2 Å². The van der Waals surface area contributed by atoms with Gasteiger partial charge in [0.2, 0.25) is 5.91 Å². The molecule has 1 amide bonds. The molecule has 102 valence electrons. The van der Waals surface area contributed by atoms with Gasteiger partial charge >= 0.3 is 5.97 Å². The van der Waals surface area contributed by atoms with E-state index in [0.29, 0.717) is 0 Å². The monoisotopic (exact) mass is 285 g/mol. The van der Waals surface area contributed by atoms with Gasteiger partial charge in [-0.25, -0.2) is 4.39 Å². The molecule has 2 rings (SSSR count). The number of carbonyl (C=O) groups excluding carboxylic acids is 1. The summed E-state index contributed by atoms with van der Waals surface area (Å²) in [4.78, 5) is 23.8. The molecule has 1 fully saturated rings. The molecule has 1 N–H and O–H groups in total. The molecule has 0 saturated heterocycles. The zero-order valence-corrected chi connectivity index (χ0v) is 10.9. The molecule has 1 saturated carbocycles. The number of hydrogen-bond acceptors (Lipinski definition) is 2. The third-order valence-corrected chi connectivity index (χ3v) is 3.35. The van der Waals surface area contributed by atoms with Crippen LogP contribution in [0.1, 0.15) is 24.8 Å². The normalized spacial score (nSPS) is 14.2. The second kappa shape index (κ2) is 5.57. The molecule has 19 heavy (non-hydrogen) atoms. The predicted octanol–water partition coefficient (Wildman–Crippen LogP) is 2.44. The molecule has 0 atom stereocenters. The van der Waals surface area contributed by atoms with E-state index in [0.717, 1.165) is 12.8 Å². The van der Waals surface area contributed by atoms with E-state index in [-0.39, 0.29) is 23.2 Å². The van der Waals surface area contributed by atoms with Crippen LogP contribution in [0.15, 0.2) is 18.2 Å². The first-order valence-corrected chi connectivity index (χ1v) is 6.31. The minimum Gasteiger partial charge on any atom is -0.481 e. The lowest BCUT2D eigenvalue weighted by atomic mass is 10.2. The van der Waals surface area contributed by atoms with Gasteiger partial charge in [-0.05, 0) is 25.0 Å². The predicted molar refractivity (Wildman–Crippen MR) is 67.2 cm³/mol. The molecule has 4 nitrogen and oxygen atoms in total. The van der Waals surface area contributed by atoms with Crippen LogP contribution >= 0.6 is 11.6 Å². The van der Waals surface area contributed by atoms with Gasteiger partial charge in [0.15, 0.2) is 0 Å². The third kappa shape index (κ3) is 3.44. The molecule has 1 aliphatic rings. The molecule has 0 unspecified atom stereocenters. The number of halogens is 2. The van der Waals surface area contributed by atoms with Crippen LogP contribution in [0.3, 0.4) is 0 Å². The number of carboxylic acids is 1. The van der Waals surface area contributed by atoms with E-state index in [1.54, 1.807) is 6.07 Å². The Labute approximate surface area is 114 Å². The van der Waals surface area contributed by atoms with Crippen molar-refractivity contribution in [1.82, 2.24) is 4.90 Å². The first kappa shape index (κ1) is 13.8. The third-order valence-electron chi connectivity index (χ3n) is 3.00. The van der Waals surface area contributed by atoms with Gasteiger partial charge in [-0.15, -0.1) is 0 Å². The molecule has 6 heteroatoms. The van der Waals surface area contributed by atoms with Crippen LogP contribution in [0.25, 0.3) is 0 Å². The van der Waals surface area contributed by atoms with Crippen LogP contribution in [-0.2, 0) is 16.1 Å². The Bertz CT molecular complexity index is 496. The molecule has 0 aromatic heterocycles. The highest BCUT2D eigenvalue weighted by Crippen LogP contribution is 2.31. The van der Waals surface area contributed by atoms with Gasteiger partial charge in [0, 0.05) is 16.6 Å². The largest absolute Gasteiger partial charge is 0.481 e. The van der Waals surface area contributed by atoms with Crippen molar-refractivity contribution in [2.45, 2.75) is 31.8 Å². The number of amides is 1. The van der Waals surface area contributed by atoms with Crippen molar-refractivity contribution in [3.05, 3.63) is 34.6 Å². The Balaban J connectivity index is 2.17. The molecule has 1 aromatic carbocycles. The number of rotatable bonds is 5. The fourth-order valence-electron chi connectivity index (χ4n) is 1.89. The van der Waals surface area contributed by atoms with Crippen LogP contribution in [-0.4, -0.2) is 27.9 Å². The Morgan fingerprint density at radius 1 is 1.42 bits per heavy atom. The summed E-state index contributed by atoms with van der Waals surface area (Å²) in [7, 11) is 0. The summed E-state index contributed by atoms with van der Waals surface area (Å²) in [6.07, 6.45) is 1.05. The van der Waals surface area contributed by atoms with Gasteiger partial charge < -0.3 is 10.0 Å². The van der Waals surface area contributed by atoms with E-state index in [4.69, 9.17) is 16.7 Å². The number of nitrogens with zero attached hydrogens (tertiary/aromatic N) is 1. The average molecular weight is 286 g/mol. The van der Waals surface area contributed by atoms with Gasteiger partial charge in [-0.2, -0.15) is 0 Å². The van der Waals surface area contributed by atoms with Crippen molar-refractivity contribution in [3.8, 4) is 0 Å². The Kier molecular flexibility index (Phi) is 4.04. The minimum absolute atomic E-state index is 0.00234. The number of carbonyl (C=O) groups is 2. The summed E-state index contributed by atoms with van der Waals surface area (Å²) in [5.41, 5.74) is 0.231. The average Bonchev–Trinajstić information content (AvgIpc) is 3.11. The van der Waals surface area contributed by atoms with Gasteiger partial charge in [0.25, 0.3) is 0 Å². The summed E-state index contributed by atoms with van der Waals surface area (Å²) in [6.45, 7) is 0.0162. The highest BCUT2D eigenvalue weighted by molar-refractivity contribution is 6.31. The SMILES string of the molecule is O=C(O)CC(=O)N(Cc1c(F)cccc1Cl)C1CC1. The van der Waals surface area contributed by atoms with Crippen LogP contribution in [0.4, 0.5) is 4.39 Å². The van der Waals surface area contributed by atoms with Crippen molar-refractivity contribution in [2.24, 2.45) is 0 Å². The Morgan fingerprint density at radius 3 is 2.63 bits per heavy atom. The number of carboxylic acid groups (broad SMARTS) is 1. The summed E-state index contributed by atoms with van der Waals surface area (Å²) in [5.74, 6) is -2.18. The van der Waals surface area contributed by atoms with E-state index in [2.05, 4.69) is 0 Å². The molecular formula is C13H13ClFNO3. The van der Waals surface area contributed by atoms with E-state index < -0.39 is 24.1 Å². The smallest absolute Gasteiger partial charge is 0.312 e. The fourth-order valence-corrected chi connectivity index (χ4v) is 2.11. The first-order chi connectivity index (χ1) is 8.99. The van der Waals surface area contributed by atoms with E-state index in [1.807, 2.05) is 0 Å². The summed E-state index contributed by atoms with van der Waals surface area (Å²) < 4.78 is 13.7. The van der Waals surface area contributed by atoms with E-state index in [9.17, 15) is 14.0 Å². The lowest BCUT2D eigenvalue weighted by molar-refractivity contribution is -0.144. The Morgan fingerprint density at radius 2 is 2.11 bits per heavy atom. The van der Waals surface area contributed by atoms with Crippen molar-refractivity contribution < 1.29 is 19.1 Å². The number of aliphatic carboxylic acids is 1. The first-order valence-electron chi connectivity index (χ1n) is 5.93. The lowest BCUT2D eigenvalue weighted by Gasteiger charge is -2.22. The van der Waals surface area contributed by atoms with Gasteiger partial charge in [0.05, 0.1) is 6.54 Å². The molecule has 0 heterocycles. The lowest BCUT2D eigenvalue weighted by Crippen LogP contribution is -2.34. The maximum atomic E-state index is 13.7. The van der Waals surface area contributed by atoms with Crippen molar-refractivity contribution >= 4 is 23.5 Å². The van der Waals surface area contributed by atoms with Crippen molar-refractivity contribution in [3.63, 3.8) is 0 Å². The van der Waals surface area contributed by atoms with Crippen LogP contribution in [0.5, 0.6) is 0 Å². The maximum Gasteiger partial charge on any atom is 0.312 e. The number of hydrogen-bond donors (Lipinski definition) is 1. The molecule has 0 bridgehead atoms. The maximum absolute atomic E-state index is 13.7. The van der Waals surface area contributed by atoms with Crippen molar-refractivity contribution in [1.29, 1.82) is 0 Å². The zero-order chi connectivity index (χ0) is 14.0. The van der Waals surface area contributed by atoms with Crippen LogP contribution < -0.4 is 0 Å². The molecular weight excluding hydrogens is 273 g/mol. The van der Waals surface area contributed by atoms with Gasteiger partial charge in [-0.3, -0.25) is 9.59 Å². The minimum atomic E-state index is -1.18. The van der Waals surface area contributed by atoms with E-state index >= 15 is 0 Å². The number of benzene rings is 1. The summed E-state index contributed by atoms with van der Waals surface area (Å²) in [5, 5.41) is 8.91. The van der Waals surface area contributed by atoms with Gasteiger partial charge in [-0.1, -0.05) is 17.7 Å². The standard InChI is InChI=1S/C13H13ClFNO3/c14-10-2-1-3-11(15)9(10)7-16(8-4-5-8)12(17)6-13(18)19/h1-3,8H,4-7H2,(H,18,19). The highest BCUT2D eigenvalue weighted by Gasteiger charge is 2.34. The van der Waals surface area contributed by atoms with Crippen molar-refractivity contribution in [2.75, 3.05) is 0 Å². The second-order valence-corrected chi connectivity index (χ2v) is 4.93. The zero-order valence-electron chi connectivity index (χ0n) is 10.1. The highest BCUT2D eigenvalue weighted by atomic mass is 35.5. The molecule has 0 spiro atoms. The summed E-state index contributed by atoms with van der Waals surface area (Å²) in [6, 6.07) is 4.31. The second-order valence-electron chi connectivity index (χ2n) is 4.52. The Hall–Kier alpha value is -1.62. The topological polar surface area (TPSA) is 57.6 Å².